The first kappa shape index (κ1) is 12.4. The Morgan fingerprint density at radius 2 is 2.35 bits per heavy atom. The third kappa shape index (κ3) is 2.60. The number of rotatable bonds is 2. The average Bonchev–Trinajstić information content (AvgIpc) is 2.29. The van der Waals surface area contributed by atoms with Gasteiger partial charge in [0.05, 0.1) is 16.1 Å². The van der Waals surface area contributed by atoms with Crippen molar-refractivity contribution in [1.82, 2.24) is 4.98 Å². The molecule has 0 unspecified atom stereocenters. The lowest BCUT2D eigenvalue weighted by Gasteiger charge is -2.34. The number of aryl methyl sites for hydroxylation is 1. The number of carbonyl (C=O) groups excluding carboxylic acids is 1. The molecule has 2 N–H and O–H groups in total. The molecule has 0 aromatic carbocycles. The van der Waals surface area contributed by atoms with Crippen molar-refractivity contribution in [2.75, 3.05) is 18.0 Å². The monoisotopic (exact) mass is 297 g/mol. The molecule has 0 bridgehead atoms. The largest absolute Gasteiger partial charge is 0.370 e. The molecule has 1 aliphatic rings. The molecule has 4 nitrogen and oxygen atoms in total. The van der Waals surface area contributed by atoms with E-state index in [2.05, 4.69) is 25.8 Å². The van der Waals surface area contributed by atoms with Gasteiger partial charge in [-0.3, -0.25) is 9.78 Å². The van der Waals surface area contributed by atoms with Crippen molar-refractivity contribution in [1.29, 1.82) is 0 Å². The van der Waals surface area contributed by atoms with Crippen LogP contribution in [0.3, 0.4) is 0 Å². The number of piperidine rings is 1. The number of halogens is 1. The smallest absolute Gasteiger partial charge is 0.222 e. The Hall–Kier alpha value is -1.10. The van der Waals surface area contributed by atoms with E-state index in [1.54, 1.807) is 6.20 Å². The summed E-state index contributed by atoms with van der Waals surface area (Å²) in [5.41, 5.74) is 7.64. The molecule has 0 spiro atoms. The molecular weight excluding hydrogens is 282 g/mol. The van der Waals surface area contributed by atoms with Gasteiger partial charge in [-0.1, -0.05) is 0 Å². The summed E-state index contributed by atoms with van der Waals surface area (Å²) >= 11 is 3.52. The van der Waals surface area contributed by atoms with E-state index in [0.717, 1.165) is 35.1 Å². The van der Waals surface area contributed by atoms with Crippen LogP contribution >= 0.6 is 15.9 Å². The standard InChI is InChI=1S/C12H16BrN3O/c1-8-5-15-6-10(13)11(8)16-4-2-3-9(7-16)12(14)17/h5-6,9H,2-4,7H2,1H3,(H2,14,17)/t9-/m1/s1. The summed E-state index contributed by atoms with van der Waals surface area (Å²) in [5.74, 6) is -0.235. The number of anilines is 1. The molecule has 1 aromatic rings. The molecule has 5 heteroatoms. The number of aromatic nitrogens is 1. The van der Waals surface area contributed by atoms with Gasteiger partial charge in [-0.25, -0.2) is 0 Å². The Bertz CT molecular complexity index is 416. The minimum Gasteiger partial charge on any atom is -0.370 e. The molecule has 2 rings (SSSR count). The lowest BCUT2D eigenvalue weighted by Crippen LogP contribution is -2.41. The summed E-state index contributed by atoms with van der Waals surface area (Å²) in [6, 6.07) is 0. The van der Waals surface area contributed by atoms with Gasteiger partial charge in [0.25, 0.3) is 0 Å². The summed E-state index contributed by atoms with van der Waals surface area (Å²) in [5, 5.41) is 0. The highest BCUT2D eigenvalue weighted by Gasteiger charge is 2.25. The fourth-order valence-electron chi connectivity index (χ4n) is 2.34. The number of nitrogens with zero attached hydrogens (tertiary/aromatic N) is 2. The summed E-state index contributed by atoms with van der Waals surface area (Å²) in [6.07, 6.45) is 5.53. The number of amides is 1. The van der Waals surface area contributed by atoms with Crippen molar-refractivity contribution < 1.29 is 4.79 Å². The molecule has 1 amide bonds. The van der Waals surface area contributed by atoms with Crippen LogP contribution in [-0.2, 0) is 4.79 Å². The van der Waals surface area contributed by atoms with Crippen molar-refractivity contribution in [3.05, 3.63) is 22.4 Å². The quantitative estimate of drug-likeness (QED) is 0.906. The maximum absolute atomic E-state index is 11.3. The van der Waals surface area contributed by atoms with E-state index in [9.17, 15) is 4.79 Å². The second-order valence-electron chi connectivity index (χ2n) is 4.47. The predicted octanol–water partition coefficient (Wildman–Crippen LogP) is 1.85. The zero-order chi connectivity index (χ0) is 12.4. The first-order valence-electron chi connectivity index (χ1n) is 5.74. The minimum absolute atomic E-state index is 0.0387. The van der Waals surface area contributed by atoms with Gasteiger partial charge in [-0.15, -0.1) is 0 Å². The number of hydrogen-bond donors (Lipinski definition) is 1. The summed E-state index contributed by atoms with van der Waals surface area (Å²) < 4.78 is 0.975. The molecule has 0 radical (unpaired) electrons. The molecule has 1 aliphatic heterocycles. The molecule has 1 aromatic heterocycles. The highest BCUT2D eigenvalue weighted by atomic mass is 79.9. The molecule has 1 atom stereocenters. The van der Waals surface area contributed by atoms with Crippen molar-refractivity contribution in [2.24, 2.45) is 11.7 Å². The van der Waals surface area contributed by atoms with Crippen LogP contribution in [0.25, 0.3) is 0 Å². The third-order valence-corrected chi connectivity index (χ3v) is 3.78. The first-order valence-corrected chi connectivity index (χ1v) is 6.53. The van der Waals surface area contributed by atoms with Gasteiger partial charge in [0.2, 0.25) is 5.91 Å². The fourth-order valence-corrected chi connectivity index (χ4v) is 3.02. The summed E-state index contributed by atoms with van der Waals surface area (Å²) in [4.78, 5) is 17.6. The number of hydrogen-bond acceptors (Lipinski definition) is 3. The van der Waals surface area contributed by atoms with Crippen molar-refractivity contribution in [2.45, 2.75) is 19.8 Å². The zero-order valence-corrected chi connectivity index (χ0v) is 11.4. The highest BCUT2D eigenvalue weighted by Crippen LogP contribution is 2.32. The topological polar surface area (TPSA) is 59.2 Å². The Morgan fingerprint density at radius 1 is 1.59 bits per heavy atom. The van der Waals surface area contributed by atoms with Crippen LogP contribution in [0, 0.1) is 12.8 Å². The molecule has 0 aliphatic carbocycles. The van der Waals surface area contributed by atoms with E-state index in [-0.39, 0.29) is 11.8 Å². The molecule has 17 heavy (non-hydrogen) atoms. The highest BCUT2D eigenvalue weighted by molar-refractivity contribution is 9.10. The first-order chi connectivity index (χ1) is 8.09. The number of nitrogens with two attached hydrogens (primary N) is 1. The minimum atomic E-state index is -0.197. The van der Waals surface area contributed by atoms with Gasteiger partial charge in [0, 0.05) is 25.5 Å². The van der Waals surface area contributed by atoms with Crippen molar-refractivity contribution >= 4 is 27.5 Å². The summed E-state index contributed by atoms with van der Waals surface area (Å²) in [6.45, 7) is 3.70. The Morgan fingerprint density at radius 3 is 3.00 bits per heavy atom. The SMILES string of the molecule is Cc1cncc(Br)c1N1CCC[C@@H](C(N)=O)C1. The van der Waals surface area contributed by atoms with Gasteiger partial charge in [0.1, 0.15) is 0 Å². The van der Waals surface area contributed by atoms with E-state index in [1.807, 2.05) is 13.1 Å². The number of carbonyl (C=O) groups is 1. The lowest BCUT2D eigenvalue weighted by atomic mass is 9.97. The van der Waals surface area contributed by atoms with Gasteiger partial charge >= 0.3 is 0 Å². The molecule has 2 heterocycles. The second-order valence-corrected chi connectivity index (χ2v) is 5.33. The van der Waals surface area contributed by atoms with Crippen LogP contribution in [0.4, 0.5) is 5.69 Å². The Kier molecular flexibility index (Phi) is 3.66. The maximum atomic E-state index is 11.3. The van der Waals surface area contributed by atoms with E-state index in [1.165, 1.54) is 0 Å². The lowest BCUT2D eigenvalue weighted by molar-refractivity contribution is -0.122. The molecule has 92 valence electrons. The van der Waals surface area contributed by atoms with Crippen LogP contribution < -0.4 is 10.6 Å². The zero-order valence-electron chi connectivity index (χ0n) is 9.82. The van der Waals surface area contributed by atoms with E-state index >= 15 is 0 Å². The van der Waals surface area contributed by atoms with E-state index in [0.29, 0.717) is 6.54 Å². The molecule has 1 fully saturated rings. The average molecular weight is 298 g/mol. The van der Waals surface area contributed by atoms with Crippen molar-refractivity contribution in [3.8, 4) is 0 Å². The summed E-state index contributed by atoms with van der Waals surface area (Å²) in [7, 11) is 0. The van der Waals surface area contributed by atoms with Crippen LogP contribution in [0.2, 0.25) is 0 Å². The third-order valence-electron chi connectivity index (χ3n) is 3.20. The maximum Gasteiger partial charge on any atom is 0.222 e. The van der Waals surface area contributed by atoms with Crippen LogP contribution in [0.1, 0.15) is 18.4 Å². The van der Waals surface area contributed by atoms with Gasteiger partial charge in [-0.05, 0) is 41.3 Å². The number of primary amides is 1. The van der Waals surface area contributed by atoms with Gasteiger partial charge in [0.15, 0.2) is 0 Å². The molecule has 0 saturated carbocycles. The fraction of sp³-hybridized carbons (Fsp3) is 0.500. The van der Waals surface area contributed by atoms with Gasteiger partial charge < -0.3 is 10.6 Å². The Balaban J connectivity index is 2.25. The van der Waals surface area contributed by atoms with Crippen LogP contribution in [0.15, 0.2) is 16.9 Å². The van der Waals surface area contributed by atoms with Crippen LogP contribution in [0.5, 0.6) is 0 Å². The van der Waals surface area contributed by atoms with Crippen molar-refractivity contribution in [3.63, 3.8) is 0 Å². The molecular formula is C12H16BrN3O. The van der Waals surface area contributed by atoms with Crippen LogP contribution in [-0.4, -0.2) is 24.0 Å². The predicted molar refractivity (Wildman–Crippen MR) is 70.8 cm³/mol. The Labute approximate surface area is 109 Å². The normalized spacial score (nSPS) is 20.4. The second kappa shape index (κ2) is 5.04. The number of pyridine rings is 1. The molecule has 1 saturated heterocycles. The van der Waals surface area contributed by atoms with E-state index < -0.39 is 0 Å². The van der Waals surface area contributed by atoms with Gasteiger partial charge in [-0.2, -0.15) is 0 Å². The van der Waals surface area contributed by atoms with E-state index in [4.69, 9.17) is 5.73 Å².